The second kappa shape index (κ2) is 5.89. The molecule has 0 aliphatic carbocycles. The Morgan fingerprint density at radius 1 is 1.27 bits per heavy atom. The number of hydrogen-bond donors (Lipinski definition) is 1. The van der Waals surface area contributed by atoms with Gasteiger partial charge in [-0.2, -0.15) is 7.05 Å². The van der Waals surface area contributed by atoms with Gasteiger partial charge in [0, 0.05) is 18.0 Å². The average molecular weight is 206 g/mol. The topological polar surface area (TPSA) is 19.9 Å². The largest absolute Gasteiger partial charge is 0.472 e. The second-order valence-corrected chi connectivity index (χ2v) is 4.41. The van der Waals surface area contributed by atoms with Crippen LogP contribution in [-0.2, 0) is 0 Å². The Hall–Kier alpha value is -0.860. The van der Waals surface area contributed by atoms with Crippen molar-refractivity contribution in [2.24, 2.45) is 5.92 Å². The highest BCUT2D eigenvalue weighted by Crippen LogP contribution is 2.17. The second-order valence-electron chi connectivity index (χ2n) is 4.41. The van der Waals surface area contributed by atoms with Crippen LogP contribution in [0.5, 0.6) is 0 Å². The van der Waals surface area contributed by atoms with Gasteiger partial charge in [-0.05, 0) is 14.1 Å². The minimum atomic E-state index is 0.452. The summed E-state index contributed by atoms with van der Waals surface area (Å²) in [6.45, 7) is 3.37. The smallest absolute Gasteiger partial charge is 0.0914 e. The zero-order chi connectivity index (χ0) is 11.3. The zero-order valence-corrected chi connectivity index (χ0v) is 9.98. The molecule has 0 aromatic heterocycles. The van der Waals surface area contributed by atoms with Gasteiger partial charge in [0.15, 0.2) is 0 Å². The number of nitrogens with two attached hydrogens (primary N) is 1. The van der Waals surface area contributed by atoms with Crippen molar-refractivity contribution in [3.63, 3.8) is 0 Å². The van der Waals surface area contributed by atoms with E-state index in [2.05, 4.69) is 68.6 Å². The molecule has 1 aromatic rings. The maximum atomic E-state index is 3.95. The minimum Gasteiger partial charge on any atom is -0.472 e. The Kier molecular flexibility index (Phi) is 4.79. The van der Waals surface area contributed by atoms with Crippen molar-refractivity contribution in [3.05, 3.63) is 42.9 Å². The summed E-state index contributed by atoms with van der Waals surface area (Å²) in [4.78, 5) is 2.23. The lowest BCUT2D eigenvalue weighted by molar-refractivity contribution is -0.648. The van der Waals surface area contributed by atoms with Crippen LogP contribution in [0.4, 0.5) is 0 Å². The van der Waals surface area contributed by atoms with Crippen LogP contribution in [-0.4, -0.2) is 25.5 Å². The highest BCUT2D eigenvalue weighted by Gasteiger charge is 2.19. The molecule has 0 spiro atoms. The molecule has 84 valence electrons. The number of nitrogens with zero attached hydrogens (tertiary/aromatic N) is 1. The van der Waals surface area contributed by atoms with Gasteiger partial charge in [0.05, 0.1) is 6.04 Å². The van der Waals surface area contributed by atoms with E-state index in [1.54, 1.807) is 0 Å². The van der Waals surface area contributed by atoms with Gasteiger partial charge in [0.1, 0.15) is 0 Å². The first-order valence-electron chi connectivity index (χ1n) is 5.47. The van der Waals surface area contributed by atoms with Gasteiger partial charge in [-0.1, -0.05) is 37.3 Å². The normalized spacial score (nSPS) is 15.3. The van der Waals surface area contributed by atoms with Crippen LogP contribution in [0.1, 0.15) is 18.5 Å². The van der Waals surface area contributed by atoms with E-state index < -0.39 is 0 Å². The summed E-state index contributed by atoms with van der Waals surface area (Å²) in [6.07, 6.45) is 0. The monoisotopic (exact) mass is 206 g/mol. The molecule has 0 saturated carbocycles. The fourth-order valence-corrected chi connectivity index (χ4v) is 2.06. The predicted molar refractivity (Wildman–Crippen MR) is 64.2 cm³/mol. The molecule has 1 rings (SSSR count). The van der Waals surface area contributed by atoms with Crippen molar-refractivity contribution < 1.29 is 5.32 Å². The van der Waals surface area contributed by atoms with Crippen molar-refractivity contribution in [1.82, 2.24) is 4.90 Å². The average Bonchev–Trinajstić information content (AvgIpc) is 2.19. The molecule has 2 heteroatoms. The van der Waals surface area contributed by atoms with Gasteiger partial charge in [-0.25, -0.2) is 0 Å². The van der Waals surface area contributed by atoms with Crippen molar-refractivity contribution in [2.45, 2.75) is 13.0 Å². The molecule has 0 radical (unpaired) electrons. The highest BCUT2D eigenvalue weighted by molar-refractivity contribution is 5.17. The molecule has 0 saturated heterocycles. The molecule has 0 amide bonds. The van der Waals surface area contributed by atoms with Crippen molar-refractivity contribution in [2.75, 3.05) is 20.6 Å². The molecule has 0 heterocycles. The van der Waals surface area contributed by atoms with E-state index in [0.29, 0.717) is 12.0 Å². The third-order valence-corrected chi connectivity index (χ3v) is 2.70. The lowest BCUT2D eigenvalue weighted by Gasteiger charge is -2.26. The van der Waals surface area contributed by atoms with Crippen molar-refractivity contribution >= 4 is 0 Å². The fourth-order valence-electron chi connectivity index (χ4n) is 2.06. The number of rotatable bonds is 5. The summed E-state index contributed by atoms with van der Waals surface area (Å²) in [7, 11) is 8.17. The van der Waals surface area contributed by atoms with E-state index in [-0.39, 0.29) is 0 Å². The Morgan fingerprint density at radius 2 is 1.87 bits per heavy atom. The van der Waals surface area contributed by atoms with Crippen LogP contribution < -0.4 is 5.32 Å². The molecular formula is C13H22N2. The van der Waals surface area contributed by atoms with Crippen LogP contribution in [0.25, 0.3) is 0 Å². The molecule has 0 aliphatic rings. The van der Waals surface area contributed by atoms with E-state index >= 15 is 0 Å². The maximum absolute atomic E-state index is 3.95. The van der Waals surface area contributed by atoms with Crippen LogP contribution >= 0.6 is 0 Å². The summed E-state index contributed by atoms with van der Waals surface area (Å²) < 4.78 is 0. The summed E-state index contributed by atoms with van der Waals surface area (Å²) >= 11 is 0. The van der Waals surface area contributed by atoms with Gasteiger partial charge in [-0.15, -0.1) is 0 Å². The first-order chi connectivity index (χ1) is 7.15. The predicted octanol–water partition coefficient (Wildman–Crippen LogP) is 1.28. The lowest BCUT2D eigenvalue weighted by atomic mass is 9.94. The van der Waals surface area contributed by atoms with Crippen molar-refractivity contribution in [1.29, 1.82) is 0 Å². The third-order valence-electron chi connectivity index (χ3n) is 2.70. The summed E-state index contributed by atoms with van der Waals surface area (Å²) in [6, 6.07) is 11.0. The molecule has 2 nitrogen and oxygen atoms in total. The van der Waals surface area contributed by atoms with Crippen molar-refractivity contribution in [3.8, 4) is 0 Å². The first kappa shape index (κ1) is 12.2. The minimum absolute atomic E-state index is 0.452. The molecule has 0 fully saturated rings. The molecule has 15 heavy (non-hydrogen) atoms. The van der Waals surface area contributed by atoms with Gasteiger partial charge >= 0.3 is 0 Å². The van der Waals surface area contributed by atoms with Crippen LogP contribution in [0, 0.1) is 13.0 Å². The Labute approximate surface area is 93.3 Å². The zero-order valence-electron chi connectivity index (χ0n) is 9.98. The number of quaternary nitrogens is 1. The molecule has 0 bridgehead atoms. The number of hydrogen-bond acceptors (Lipinski definition) is 1. The van der Waals surface area contributed by atoms with Crippen LogP contribution in [0.2, 0.25) is 0 Å². The van der Waals surface area contributed by atoms with E-state index in [0.717, 1.165) is 6.54 Å². The molecular weight excluding hydrogens is 184 g/mol. The summed E-state index contributed by atoms with van der Waals surface area (Å²) in [5, 5.41) is 2.06. The molecule has 2 atom stereocenters. The molecule has 0 unspecified atom stereocenters. The van der Waals surface area contributed by atoms with E-state index in [9.17, 15) is 0 Å². The van der Waals surface area contributed by atoms with Gasteiger partial charge in [0.2, 0.25) is 0 Å². The standard InChI is InChI=1S/C13H22N2/c1-11(10-15(3)4)13(14-2)12-8-6-5-7-9-12/h5-9,11,13H,2,10,14H2,1,3-4H3/t11-,13+/m0/s1. The van der Waals surface area contributed by atoms with E-state index in [1.807, 2.05) is 0 Å². The molecule has 1 aromatic carbocycles. The SMILES string of the molecule is [CH2-][NH2+][C@@H](c1ccccc1)[C@@H](C)CN(C)C. The number of benzene rings is 1. The van der Waals surface area contributed by atoms with Crippen LogP contribution in [0.15, 0.2) is 30.3 Å². The highest BCUT2D eigenvalue weighted by atomic mass is 15.1. The fraction of sp³-hybridized carbons (Fsp3) is 0.462. The quantitative estimate of drug-likeness (QED) is 0.719. The van der Waals surface area contributed by atoms with E-state index in [1.165, 1.54) is 5.56 Å². The van der Waals surface area contributed by atoms with Gasteiger partial charge in [-0.3, -0.25) is 0 Å². The Balaban J connectivity index is 2.71. The summed E-state index contributed by atoms with van der Waals surface area (Å²) in [5.41, 5.74) is 1.36. The molecule has 0 aliphatic heterocycles. The maximum Gasteiger partial charge on any atom is 0.0914 e. The van der Waals surface area contributed by atoms with E-state index in [4.69, 9.17) is 0 Å². The Bertz CT molecular complexity index is 269. The molecule has 2 N–H and O–H groups in total. The third kappa shape index (κ3) is 3.65. The van der Waals surface area contributed by atoms with Gasteiger partial charge < -0.3 is 10.2 Å². The first-order valence-corrected chi connectivity index (χ1v) is 5.47. The summed E-state index contributed by atoms with van der Waals surface area (Å²) in [5.74, 6) is 0.597. The van der Waals surface area contributed by atoms with Gasteiger partial charge in [0.25, 0.3) is 0 Å². The Morgan fingerprint density at radius 3 is 2.33 bits per heavy atom. The lowest BCUT2D eigenvalue weighted by Crippen LogP contribution is -2.80. The van der Waals surface area contributed by atoms with Crippen LogP contribution in [0.3, 0.4) is 0 Å².